The highest BCUT2D eigenvalue weighted by molar-refractivity contribution is 6.03. The van der Waals surface area contributed by atoms with Crippen molar-refractivity contribution in [2.45, 2.75) is 33.1 Å². The van der Waals surface area contributed by atoms with Crippen molar-refractivity contribution in [1.29, 1.82) is 0 Å². The van der Waals surface area contributed by atoms with E-state index in [0.717, 1.165) is 11.3 Å². The highest BCUT2D eigenvalue weighted by atomic mass is 16.1. The van der Waals surface area contributed by atoms with Crippen molar-refractivity contribution in [3.63, 3.8) is 0 Å². The molecule has 4 nitrogen and oxygen atoms in total. The van der Waals surface area contributed by atoms with Gasteiger partial charge in [-0.05, 0) is 35.6 Å². The van der Waals surface area contributed by atoms with E-state index in [2.05, 4.69) is 36.3 Å². The van der Waals surface area contributed by atoms with Gasteiger partial charge >= 0.3 is 0 Å². The van der Waals surface area contributed by atoms with Crippen LogP contribution in [0.2, 0.25) is 0 Å². The fourth-order valence-corrected chi connectivity index (χ4v) is 1.82. The van der Waals surface area contributed by atoms with Crippen LogP contribution in [0.1, 0.15) is 42.4 Å². The number of aromatic amines is 1. The molecule has 0 radical (unpaired) electrons. The minimum Gasteiger partial charge on any atom is -0.321 e. The Morgan fingerprint density at radius 2 is 1.84 bits per heavy atom. The highest BCUT2D eigenvalue weighted by Crippen LogP contribution is 2.23. The van der Waals surface area contributed by atoms with Crippen LogP contribution in [0.3, 0.4) is 0 Å². The molecule has 2 rings (SSSR count). The maximum absolute atomic E-state index is 12.0. The first kappa shape index (κ1) is 13.3. The standard InChI is InChI=1S/C15H19N3O/c1-10-9-16-18-13(10)14(19)17-12-7-5-11(6-8-12)15(2,3)4/h5-9H,1-4H3,(H,16,18)(H,17,19). The summed E-state index contributed by atoms with van der Waals surface area (Å²) in [5.41, 5.74) is 3.47. The zero-order chi connectivity index (χ0) is 14.0. The normalized spacial score (nSPS) is 11.4. The fraction of sp³-hybridized carbons (Fsp3) is 0.333. The van der Waals surface area contributed by atoms with Crippen LogP contribution in [0.4, 0.5) is 5.69 Å². The molecule has 0 atom stereocenters. The highest BCUT2D eigenvalue weighted by Gasteiger charge is 2.14. The number of carbonyl (C=O) groups excluding carboxylic acids is 1. The molecule has 1 amide bonds. The van der Waals surface area contributed by atoms with Gasteiger partial charge in [0.25, 0.3) is 5.91 Å². The molecule has 1 aromatic heterocycles. The van der Waals surface area contributed by atoms with E-state index >= 15 is 0 Å². The molecule has 19 heavy (non-hydrogen) atoms. The van der Waals surface area contributed by atoms with E-state index in [4.69, 9.17) is 0 Å². The first-order chi connectivity index (χ1) is 8.88. The van der Waals surface area contributed by atoms with E-state index in [9.17, 15) is 4.79 Å². The van der Waals surface area contributed by atoms with Gasteiger partial charge in [0.15, 0.2) is 0 Å². The van der Waals surface area contributed by atoms with Crippen LogP contribution in [-0.2, 0) is 5.41 Å². The van der Waals surface area contributed by atoms with Crippen molar-refractivity contribution < 1.29 is 4.79 Å². The Hall–Kier alpha value is -2.10. The first-order valence-corrected chi connectivity index (χ1v) is 6.30. The molecule has 2 N–H and O–H groups in total. The summed E-state index contributed by atoms with van der Waals surface area (Å²) < 4.78 is 0. The lowest BCUT2D eigenvalue weighted by atomic mass is 9.87. The van der Waals surface area contributed by atoms with Crippen molar-refractivity contribution in [2.75, 3.05) is 5.32 Å². The summed E-state index contributed by atoms with van der Waals surface area (Å²) in [4.78, 5) is 12.0. The maximum Gasteiger partial charge on any atom is 0.273 e. The van der Waals surface area contributed by atoms with E-state index in [1.807, 2.05) is 31.2 Å². The van der Waals surface area contributed by atoms with Crippen LogP contribution in [0.5, 0.6) is 0 Å². The van der Waals surface area contributed by atoms with Crippen molar-refractivity contribution in [3.8, 4) is 0 Å². The van der Waals surface area contributed by atoms with Crippen LogP contribution in [0.25, 0.3) is 0 Å². The van der Waals surface area contributed by atoms with Crippen molar-refractivity contribution >= 4 is 11.6 Å². The molecule has 0 bridgehead atoms. The van der Waals surface area contributed by atoms with Crippen LogP contribution >= 0.6 is 0 Å². The molecule has 0 unspecified atom stereocenters. The van der Waals surface area contributed by atoms with Gasteiger partial charge < -0.3 is 5.32 Å². The van der Waals surface area contributed by atoms with Crippen LogP contribution in [0.15, 0.2) is 30.5 Å². The van der Waals surface area contributed by atoms with Gasteiger partial charge in [-0.15, -0.1) is 0 Å². The molecule has 0 spiro atoms. The zero-order valence-corrected chi connectivity index (χ0v) is 11.7. The molecule has 1 heterocycles. The SMILES string of the molecule is Cc1cn[nH]c1C(=O)Nc1ccc(C(C)(C)C)cc1. The van der Waals surface area contributed by atoms with Gasteiger partial charge in [-0.2, -0.15) is 5.10 Å². The first-order valence-electron chi connectivity index (χ1n) is 6.30. The molecule has 4 heteroatoms. The molecule has 0 saturated carbocycles. The Morgan fingerprint density at radius 3 is 2.32 bits per heavy atom. The summed E-state index contributed by atoms with van der Waals surface area (Å²) >= 11 is 0. The average molecular weight is 257 g/mol. The number of amides is 1. The maximum atomic E-state index is 12.0. The predicted molar refractivity (Wildman–Crippen MR) is 76.4 cm³/mol. The van der Waals surface area contributed by atoms with Crippen LogP contribution in [-0.4, -0.2) is 16.1 Å². The third-order valence-corrected chi connectivity index (χ3v) is 3.06. The monoisotopic (exact) mass is 257 g/mol. The Bertz CT molecular complexity index is 576. The molecule has 0 saturated heterocycles. The van der Waals surface area contributed by atoms with Gasteiger partial charge in [-0.3, -0.25) is 9.89 Å². The molecular weight excluding hydrogens is 238 g/mol. The molecule has 0 fully saturated rings. The van der Waals surface area contributed by atoms with Crippen molar-refractivity contribution in [1.82, 2.24) is 10.2 Å². The van der Waals surface area contributed by atoms with Gasteiger partial charge in [-0.25, -0.2) is 0 Å². The number of aryl methyl sites for hydroxylation is 1. The number of rotatable bonds is 2. The number of anilines is 1. The van der Waals surface area contributed by atoms with Crippen molar-refractivity contribution in [2.24, 2.45) is 0 Å². The lowest BCUT2D eigenvalue weighted by molar-refractivity contribution is 0.102. The van der Waals surface area contributed by atoms with E-state index in [0.29, 0.717) is 5.69 Å². The minimum atomic E-state index is -0.168. The third-order valence-electron chi connectivity index (χ3n) is 3.06. The number of nitrogens with zero attached hydrogens (tertiary/aromatic N) is 1. The Balaban J connectivity index is 2.12. The van der Waals surface area contributed by atoms with Crippen molar-refractivity contribution in [3.05, 3.63) is 47.3 Å². The van der Waals surface area contributed by atoms with E-state index in [1.54, 1.807) is 6.20 Å². The number of benzene rings is 1. The van der Waals surface area contributed by atoms with Gasteiger partial charge in [0.2, 0.25) is 0 Å². The summed E-state index contributed by atoms with van der Waals surface area (Å²) in [6, 6.07) is 7.92. The fourth-order valence-electron chi connectivity index (χ4n) is 1.82. The zero-order valence-electron chi connectivity index (χ0n) is 11.7. The molecule has 100 valence electrons. The number of hydrogen-bond acceptors (Lipinski definition) is 2. The molecule has 0 aliphatic rings. The van der Waals surface area contributed by atoms with E-state index < -0.39 is 0 Å². The quantitative estimate of drug-likeness (QED) is 0.867. The lowest BCUT2D eigenvalue weighted by Gasteiger charge is -2.19. The number of H-pyrrole nitrogens is 1. The van der Waals surface area contributed by atoms with Crippen LogP contribution < -0.4 is 5.32 Å². The summed E-state index contributed by atoms with van der Waals surface area (Å²) in [6.07, 6.45) is 1.64. The second kappa shape index (κ2) is 4.88. The summed E-state index contributed by atoms with van der Waals surface area (Å²) in [6.45, 7) is 8.33. The molecular formula is C15H19N3O. The second-order valence-electron chi connectivity index (χ2n) is 5.71. The third kappa shape index (κ3) is 3.02. The van der Waals surface area contributed by atoms with E-state index in [-0.39, 0.29) is 11.3 Å². The number of carbonyl (C=O) groups is 1. The Kier molecular flexibility index (Phi) is 3.42. The summed E-state index contributed by atoms with van der Waals surface area (Å²) in [5, 5.41) is 9.40. The Morgan fingerprint density at radius 1 is 1.21 bits per heavy atom. The predicted octanol–water partition coefficient (Wildman–Crippen LogP) is 3.27. The summed E-state index contributed by atoms with van der Waals surface area (Å²) in [7, 11) is 0. The number of nitrogens with one attached hydrogen (secondary N) is 2. The lowest BCUT2D eigenvalue weighted by Crippen LogP contribution is -2.14. The molecule has 0 aliphatic carbocycles. The second-order valence-corrected chi connectivity index (χ2v) is 5.71. The van der Waals surface area contributed by atoms with E-state index in [1.165, 1.54) is 5.56 Å². The van der Waals surface area contributed by atoms with Gasteiger partial charge in [0, 0.05) is 5.69 Å². The largest absolute Gasteiger partial charge is 0.321 e. The molecule has 2 aromatic rings. The van der Waals surface area contributed by atoms with Gasteiger partial charge in [0.1, 0.15) is 5.69 Å². The van der Waals surface area contributed by atoms with Gasteiger partial charge in [-0.1, -0.05) is 32.9 Å². The Labute approximate surface area is 113 Å². The smallest absolute Gasteiger partial charge is 0.273 e. The average Bonchev–Trinajstić information content (AvgIpc) is 2.75. The number of hydrogen-bond donors (Lipinski definition) is 2. The van der Waals surface area contributed by atoms with Gasteiger partial charge in [0.05, 0.1) is 6.20 Å². The molecule has 0 aliphatic heterocycles. The molecule has 1 aromatic carbocycles. The number of aromatic nitrogens is 2. The van der Waals surface area contributed by atoms with Crippen LogP contribution in [0, 0.1) is 6.92 Å². The summed E-state index contributed by atoms with van der Waals surface area (Å²) in [5.74, 6) is -0.168. The topological polar surface area (TPSA) is 57.8 Å². The minimum absolute atomic E-state index is 0.114.